The summed E-state index contributed by atoms with van der Waals surface area (Å²) in [5.41, 5.74) is 0.701. The molecule has 2 aromatic rings. The van der Waals surface area contributed by atoms with Gasteiger partial charge in [-0.1, -0.05) is 55.6 Å². The molecule has 0 saturated carbocycles. The van der Waals surface area contributed by atoms with Crippen LogP contribution in [-0.2, 0) is 20.3 Å². The second-order valence-electron chi connectivity index (χ2n) is 4.75. The lowest BCUT2D eigenvalue weighted by Crippen LogP contribution is -2.09. The van der Waals surface area contributed by atoms with Gasteiger partial charge in [0.1, 0.15) is 6.61 Å². The van der Waals surface area contributed by atoms with Crippen LogP contribution in [0.5, 0.6) is 0 Å². The first-order chi connectivity index (χ1) is 11.4. The van der Waals surface area contributed by atoms with Crippen molar-refractivity contribution in [1.29, 1.82) is 0 Å². The molecule has 0 heterocycles. The first-order valence-corrected chi connectivity index (χ1v) is 9.95. The monoisotopic (exact) mass is 490 g/mol. The third kappa shape index (κ3) is 5.28. The summed E-state index contributed by atoms with van der Waals surface area (Å²) in [6, 6.07) is 14.3. The van der Waals surface area contributed by atoms with Gasteiger partial charge in [-0.25, -0.2) is 4.21 Å². The Bertz CT molecular complexity index is 786. The summed E-state index contributed by atoms with van der Waals surface area (Å²) in [4.78, 5) is 12.1. The zero-order chi connectivity index (χ0) is 17.7. The van der Waals surface area contributed by atoms with Gasteiger partial charge in [-0.05, 0) is 42.0 Å². The average Bonchev–Trinajstić information content (AvgIpc) is 2.55. The van der Waals surface area contributed by atoms with E-state index in [1.807, 2.05) is 12.1 Å². The van der Waals surface area contributed by atoms with Gasteiger partial charge in [0.25, 0.3) is 0 Å². The number of carbonyl (C=O) groups excluding carboxylic acids is 1. The molecular formula is C17H13Br2ClO3S. The van der Waals surface area contributed by atoms with Crippen molar-refractivity contribution in [3.8, 4) is 0 Å². The zero-order valence-electron chi connectivity index (χ0n) is 12.6. The molecule has 0 fully saturated rings. The predicted molar refractivity (Wildman–Crippen MR) is 104 cm³/mol. The quantitative estimate of drug-likeness (QED) is 0.519. The minimum Gasteiger partial charge on any atom is -0.460 e. The topological polar surface area (TPSA) is 43.4 Å². The fourth-order valence-corrected chi connectivity index (χ4v) is 3.86. The smallest absolute Gasteiger partial charge is 0.302 e. The number of carbonyl (C=O) groups is 1. The molecule has 0 radical (unpaired) electrons. The molecule has 126 valence electrons. The molecule has 0 aliphatic rings. The number of benzene rings is 2. The van der Waals surface area contributed by atoms with E-state index >= 15 is 0 Å². The molecule has 0 bridgehead atoms. The van der Waals surface area contributed by atoms with Gasteiger partial charge in [-0.15, -0.1) is 0 Å². The van der Waals surface area contributed by atoms with Crippen LogP contribution in [0.2, 0.25) is 0 Å². The van der Waals surface area contributed by atoms with Crippen molar-refractivity contribution in [2.45, 2.75) is 11.8 Å². The highest BCUT2D eigenvalue weighted by Gasteiger charge is 2.18. The van der Waals surface area contributed by atoms with Crippen molar-refractivity contribution in [2.24, 2.45) is 0 Å². The Kier molecular flexibility index (Phi) is 7.22. The molecule has 0 spiro atoms. The maximum atomic E-state index is 12.9. The van der Waals surface area contributed by atoms with Crippen LogP contribution in [0.1, 0.15) is 12.5 Å². The highest BCUT2D eigenvalue weighted by Crippen LogP contribution is 2.29. The summed E-state index contributed by atoms with van der Waals surface area (Å²) < 4.78 is 19.7. The lowest BCUT2D eigenvalue weighted by molar-refractivity contribution is -0.139. The van der Waals surface area contributed by atoms with Crippen molar-refractivity contribution in [2.75, 3.05) is 6.61 Å². The number of esters is 1. The molecule has 0 N–H and O–H groups in total. The van der Waals surface area contributed by atoms with E-state index in [-0.39, 0.29) is 6.61 Å². The second-order valence-corrected chi connectivity index (χ2v) is 8.46. The maximum Gasteiger partial charge on any atom is 0.302 e. The largest absolute Gasteiger partial charge is 0.460 e. The summed E-state index contributed by atoms with van der Waals surface area (Å²) >= 11 is 13.2. The van der Waals surface area contributed by atoms with Crippen molar-refractivity contribution in [3.05, 3.63) is 67.9 Å². The Morgan fingerprint density at radius 2 is 1.54 bits per heavy atom. The molecule has 2 aromatic carbocycles. The van der Waals surface area contributed by atoms with Crippen molar-refractivity contribution in [3.63, 3.8) is 0 Å². The molecule has 24 heavy (non-hydrogen) atoms. The Morgan fingerprint density at radius 3 is 2.04 bits per heavy atom. The average molecular weight is 493 g/mol. The van der Waals surface area contributed by atoms with Crippen molar-refractivity contribution < 1.29 is 13.7 Å². The van der Waals surface area contributed by atoms with Gasteiger partial charge in [0.15, 0.2) is 0 Å². The lowest BCUT2D eigenvalue weighted by Gasteiger charge is -2.11. The molecule has 0 saturated heterocycles. The standard InChI is InChI=1S/C17H13Br2ClO3S/c1-11(21)23-10-16(17(20)12-2-4-13(18)5-3-12)24(22)15-8-6-14(19)7-9-15/h2-9H,10H2,1H3/b17-16+. The Labute approximate surface area is 164 Å². The van der Waals surface area contributed by atoms with E-state index in [9.17, 15) is 9.00 Å². The third-order valence-electron chi connectivity index (χ3n) is 3.00. The summed E-state index contributed by atoms with van der Waals surface area (Å²) in [7, 11) is -1.54. The van der Waals surface area contributed by atoms with Crippen LogP contribution >= 0.6 is 43.5 Å². The normalized spacial score (nSPS) is 13.2. The fraction of sp³-hybridized carbons (Fsp3) is 0.118. The van der Waals surface area contributed by atoms with Gasteiger partial charge in [0.05, 0.1) is 20.7 Å². The van der Waals surface area contributed by atoms with Crippen LogP contribution in [0.4, 0.5) is 0 Å². The SMILES string of the molecule is CC(=O)OC/C(=C(\Cl)c1ccc(Br)cc1)S(=O)c1ccc(Br)cc1. The van der Waals surface area contributed by atoms with Gasteiger partial charge >= 0.3 is 5.97 Å². The van der Waals surface area contributed by atoms with Gasteiger partial charge in [-0.3, -0.25) is 4.79 Å². The lowest BCUT2D eigenvalue weighted by atomic mass is 10.2. The number of hydrogen-bond acceptors (Lipinski definition) is 3. The number of halogens is 3. The van der Waals surface area contributed by atoms with E-state index in [2.05, 4.69) is 31.9 Å². The highest BCUT2D eigenvalue weighted by molar-refractivity contribution is 9.10. The van der Waals surface area contributed by atoms with E-state index < -0.39 is 16.8 Å². The van der Waals surface area contributed by atoms with Gasteiger partial charge in [0, 0.05) is 20.8 Å². The number of hydrogen-bond donors (Lipinski definition) is 0. The molecule has 0 amide bonds. The molecule has 2 rings (SSSR count). The number of rotatable bonds is 5. The van der Waals surface area contributed by atoms with Crippen LogP contribution < -0.4 is 0 Å². The van der Waals surface area contributed by atoms with E-state index in [0.717, 1.165) is 8.95 Å². The molecule has 1 atom stereocenters. The minimum atomic E-state index is -1.54. The van der Waals surface area contributed by atoms with E-state index in [1.165, 1.54) is 6.92 Å². The van der Waals surface area contributed by atoms with Crippen LogP contribution in [-0.4, -0.2) is 16.8 Å². The van der Waals surface area contributed by atoms with Crippen LogP contribution in [0, 0.1) is 0 Å². The fourth-order valence-electron chi connectivity index (χ4n) is 1.82. The molecule has 1 unspecified atom stereocenters. The summed E-state index contributed by atoms with van der Waals surface area (Å²) in [5, 5.41) is 0.310. The van der Waals surface area contributed by atoms with E-state index in [0.29, 0.717) is 20.4 Å². The molecule has 3 nitrogen and oxygen atoms in total. The Balaban J connectivity index is 2.44. The third-order valence-corrected chi connectivity index (χ3v) is 6.09. The predicted octanol–water partition coefficient (Wildman–Crippen LogP) is 5.49. The molecular weight excluding hydrogens is 480 g/mol. The van der Waals surface area contributed by atoms with Crippen LogP contribution in [0.25, 0.3) is 5.03 Å². The zero-order valence-corrected chi connectivity index (χ0v) is 17.3. The van der Waals surface area contributed by atoms with Gasteiger partial charge in [-0.2, -0.15) is 0 Å². The van der Waals surface area contributed by atoms with Crippen molar-refractivity contribution in [1.82, 2.24) is 0 Å². The highest BCUT2D eigenvalue weighted by atomic mass is 79.9. The first-order valence-electron chi connectivity index (χ1n) is 6.84. The second kappa shape index (κ2) is 8.94. The summed E-state index contributed by atoms with van der Waals surface area (Å²) in [5.74, 6) is -0.458. The van der Waals surface area contributed by atoms with Gasteiger partial charge in [0.2, 0.25) is 0 Å². The van der Waals surface area contributed by atoms with Crippen LogP contribution in [0.15, 0.2) is 67.3 Å². The number of ether oxygens (including phenoxy) is 1. The molecule has 0 aromatic heterocycles. The van der Waals surface area contributed by atoms with E-state index in [4.69, 9.17) is 16.3 Å². The maximum absolute atomic E-state index is 12.9. The van der Waals surface area contributed by atoms with Gasteiger partial charge < -0.3 is 4.74 Å². The summed E-state index contributed by atoms with van der Waals surface area (Å²) in [6.45, 7) is 1.17. The molecule has 7 heteroatoms. The summed E-state index contributed by atoms with van der Waals surface area (Å²) in [6.07, 6.45) is 0. The molecule has 0 aliphatic carbocycles. The minimum absolute atomic E-state index is 0.132. The Hall–Kier alpha value is -0.950. The molecule has 0 aliphatic heterocycles. The van der Waals surface area contributed by atoms with Crippen molar-refractivity contribution >= 4 is 65.3 Å². The Morgan fingerprint density at radius 1 is 1.04 bits per heavy atom. The van der Waals surface area contributed by atoms with Crippen LogP contribution in [0.3, 0.4) is 0 Å². The van der Waals surface area contributed by atoms with E-state index in [1.54, 1.807) is 36.4 Å². The first kappa shape index (κ1) is 19.4.